The molecule has 0 radical (unpaired) electrons. The van der Waals surface area contributed by atoms with Crippen LogP contribution in [0.25, 0.3) is 0 Å². The number of aromatic nitrogens is 2. The van der Waals surface area contributed by atoms with Crippen LogP contribution in [0.1, 0.15) is 24.8 Å². The molecule has 0 aliphatic carbocycles. The zero-order valence-electron chi connectivity index (χ0n) is 9.43. The van der Waals surface area contributed by atoms with Crippen LogP contribution < -0.4 is 5.69 Å². The Bertz CT molecular complexity index is 488. The van der Waals surface area contributed by atoms with Crippen molar-refractivity contribution in [2.45, 2.75) is 31.6 Å². The van der Waals surface area contributed by atoms with Crippen molar-refractivity contribution in [1.29, 1.82) is 0 Å². The number of aldehydes is 1. The Labute approximate surface area is 103 Å². The van der Waals surface area contributed by atoms with Gasteiger partial charge in [-0.15, -0.1) is 11.6 Å². The Morgan fingerprint density at radius 2 is 2.53 bits per heavy atom. The molecule has 5 nitrogen and oxygen atoms in total. The lowest BCUT2D eigenvalue weighted by atomic mass is 10.1. The molecule has 0 spiro atoms. The third kappa shape index (κ3) is 2.25. The summed E-state index contributed by atoms with van der Waals surface area (Å²) >= 11 is 5.72. The van der Waals surface area contributed by atoms with Gasteiger partial charge in [-0.05, 0) is 25.8 Å². The largest absolute Gasteiger partial charge is 0.349 e. The highest BCUT2D eigenvalue weighted by Gasteiger charge is 2.40. The van der Waals surface area contributed by atoms with Crippen LogP contribution in [-0.4, -0.2) is 27.3 Å². The van der Waals surface area contributed by atoms with E-state index in [1.165, 1.54) is 4.57 Å². The molecule has 92 valence electrons. The first-order valence-electron chi connectivity index (χ1n) is 5.36. The molecule has 0 bridgehead atoms. The average molecular weight is 257 g/mol. The van der Waals surface area contributed by atoms with E-state index in [2.05, 4.69) is 4.98 Å². The van der Waals surface area contributed by atoms with Crippen molar-refractivity contribution < 1.29 is 9.53 Å². The second-order valence-electron chi connectivity index (χ2n) is 4.19. The van der Waals surface area contributed by atoms with Crippen LogP contribution >= 0.6 is 11.6 Å². The predicted molar refractivity (Wildman–Crippen MR) is 62.1 cm³/mol. The van der Waals surface area contributed by atoms with E-state index >= 15 is 0 Å². The molecule has 2 heterocycles. The molecule has 2 atom stereocenters. The molecule has 0 unspecified atom stereocenters. The summed E-state index contributed by atoms with van der Waals surface area (Å²) in [5, 5.41) is 0. The second kappa shape index (κ2) is 4.58. The smallest absolute Gasteiger partial charge is 0.343 e. The maximum Gasteiger partial charge on any atom is 0.349 e. The van der Waals surface area contributed by atoms with E-state index in [1.54, 1.807) is 19.2 Å². The van der Waals surface area contributed by atoms with Crippen LogP contribution in [0.5, 0.6) is 0 Å². The molecular formula is C11H13ClN2O3. The first kappa shape index (κ1) is 12.3. The fraction of sp³-hybridized carbons (Fsp3) is 0.545. The fourth-order valence-corrected chi connectivity index (χ4v) is 2.15. The lowest BCUT2D eigenvalue weighted by molar-refractivity contribution is -0.131. The molecule has 0 N–H and O–H groups in total. The van der Waals surface area contributed by atoms with E-state index in [-0.39, 0.29) is 11.6 Å². The molecule has 1 aliphatic heterocycles. The van der Waals surface area contributed by atoms with E-state index in [0.717, 1.165) is 0 Å². The van der Waals surface area contributed by atoms with Crippen LogP contribution in [-0.2, 0) is 9.53 Å². The summed E-state index contributed by atoms with van der Waals surface area (Å²) in [6.45, 7) is 1.75. The summed E-state index contributed by atoms with van der Waals surface area (Å²) in [6, 6.07) is 1.73. The number of carbonyl (C=O) groups excluding carboxylic acids is 1. The summed E-state index contributed by atoms with van der Waals surface area (Å²) in [4.78, 5) is 26.5. The number of hydrogen-bond donors (Lipinski definition) is 0. The minimum Gasteiger partial charge on any atom is -0.343 e. The number of carbonyl (C=O) groups is 1. The zero-order chi connectivity index (χ0) is 12.5. The van der Waals surface area contributed by atoms with Gasteiger partial charge in [-0.2, -0.15) is 4.98 Å². The Morgan fingerprint density at radius 3 is 3.06 bits per heavy atom. The number of nitrogens with zero attached hydrogens (tertiary/aromatic N) is 2. The lowest BCUT2D eigenvalue weighted by Crippen LogP contribution is -2.34. The summed E-state index contributed by atoms with van der Waals surface area (Å²) in [5.41, 5.74) is -0.675. The number of ether oxygens (including phenoxy) is 1. The highest BCUT2D eigenvalue weighted by atomic mass is 35.5. The zero-order valence-corrected chi connectivity index (χ0v) is 10.2. The van der Waals surface area contributed by atoms with Crippen LogP contribution in [0.4, 0.5) is 0 Å². The quantitative estimate of drug-likeness (QED) is 0.599. The average Bonchev–Trinajstić information content (AvgIpc) is 2.74. The predicted octanol–water partition coefficient (Wildman–Crippen LogP) is 1.04. The van der Waals surface area contributed by atoms with Gasteiger partial charge < -0.3 is 9.53 Å². The van der Waals surface area contributed by atoms with Gasteiger partial charge in [-0.25, -0.2) is 4.79 Å². The van der Waals surface area contributed by atoms with Crippen molar-refractivity contribution in [3.63, 3.8) is 0 Å². The van der Waals surface area contributed by atoms with Crippen molar-refractivity contribution in [2.24, 2.45) is 0 Å². The summed E-state index contributed by atoms with van der Waals surface area (Å²) in [5.74, 6) is 0.0983. The maximum atomic E-state index is 11.7. The lowest BCUT2D eigenvalue weighted by Gasteiger charge is -2.20. The van der Waals surface area contributed by atoms with E-state index in [1.807, 2.05) is 0 Å². The number of alkyl halides is 1. The van der Waals surface area contributed by atoms with Crippen LogP contribution in [0.15, 0.2) is 17.1 Å². The first-order valence-corrected chi connectivity index (χ1v) is 5.89. The molecule has 1 aromatic heterocycles. The molecule has 1 aromatic rings. The van der Waals surface area contributed by atoms with Crippen molar-refractivity contribution >= 4 is 17.9 Å². The van der Waals surface area contributed by atoms with Gasteiger partial charge in [0.1, 0.15) is 11.8 Å². The van der Waals surface area contributed by atoms with Gasteiger partial charge in [-0.1, -0.05) is 0 Å². The Hall–Kier alpha value is -1.20. The van der Waals surface area contributed by atoms with Crippen molar-refractivity contribution in [2.75, 3.05) is 5.88 Å². The van der Waals surface area contributed by atoms with Gasteiger partial charge in [0.15, 0.2) is 6.29 Å². The molecule has 2 rings (SSSR count). The van der Waals surface area contributed by atoms with Crippen molar-refractivity contribution in [3.8, 4) is 0 Å². The Balaban J connectivity index is 2.26. The van der Waals surface area contributed by atoms with Gasteiger partial charge in [0.05, 0.1) is 5.88 Å². The molecule has 0 aromatic carbocycles. The molecule has 6 heteroatoms. The van der Waals surface area contributed by atoms with Crippen molar-refractivity contribution in [1.82, 2.24) is 9.55 Å². The van der Waals surface area contributed by atoms with Gasteiger partial charge in [0.2, 0.25) is 0 Å². The molecular weight excluding hydrogens is 244 g/mol. The van der Waals surface area contributed by atoms with E-state index < -0.39 is 11.8 Å². The minimum absolute atomic E-state index is 0.0983. The third-order valence-electron chi connectivity index (χ3n) is 2.91. The van der Waals surface area contributed by atoms with Crippen LogP contribution in [0.2, 0.25) is 0 Å². The highest BCUT2D eigenvalue weighted by Crippen LogP contribution is 2.35. The normalized spacial score (nSPS) is 28.2. The Morgan fingerprint density at radius 1 is 1.76 bits per heavy atom. The van der Waals surface area contributed by atoms with Gasteiger partial charge in [-0.3, -0.25) is 4.57 Å². The van der Waals surface area contributed by atoms with Gasteiger partial charge in [0.25, 0.3) is 0 Å². The molecule has 1 aliphatic rings. The molecule has 1 saturated heterocycles. The molecule has 17 heavy (non-hydrogen) atoms. The number of rotatable bonds is 3. The third-order valence-corrected chi connectivity index (χ3v) is 3.36. The Kier molecular flexibility index (Phi) is 3.31. The number of aryl methyl sites for hydroxylation is 1. The molecule has 1 fully saturated rings. The monoisotopic (exact) mass is 256 g/mol. The van der Waals surface area contributed by atoms with Gasteiger partial charge >= 0.3 is 5.69 Å². The van der Waals surface area contributed by atoms with Gasteiger partial charge in [0, 0.05) is 11.9 Å². The fourth-order valence-electron chi connectivity index (χ4n) is 1.89. The summed E-state index contributed by atoms with van der Waals surface area (Å²) < 4.78 is 6.97. The first-order chi connectivity index (χ1) is 8.10. The van der Waals surface area contributed by atoms with Crippen LogP contribution in [0.3, 0.4) is 0 Å². The maximum absolute atomic E-state index is 11.7. The SMILES string of the molecule is Cc1ccn([C@H]2CC[C@](C=O)(CCl)O2)c(=O)n1. The van der Waals surface area contributed by atoms with E-state index in [4.69, 9.17) is 16.3 Å². The molecule has 0 amide bonds. The standard InChI is InChI=1S/C11H13ClN2O3/c1-8-3-5-14(10(16)13-8)9-2-4-11(6-12,7-15)17-9/h3,5,7,9H,2,4,6H2,1H3/t9-,11-/m1/s1. The van der Waals surface area contributed by atoms with E-state index in [0.29, 0.717) is 24.8 Å². The summed E-state index contributed by atoms with van der Waals surface area (Å²) in [6.07, 6.45) is 2.98. The van der Waals surface area contributed by atoms with Crippen molar-refractivity contribution in [3.05, 3.63) is 28.4 Å². The number of halogens is 1. The van der Waals surface area contributed by atoms with Crippen LogP contribution in [0, 0.1) is 6.92 Å². The highest BCUT2D eigenvalue weighted by molar-refractivity contribution is 6.19. The topological polar surface area (TPSA) is 61.2 Å². The van der Waals surface area contributed by atoms with E-state index in [9.17, 15) is 9.59 Å². The minimum atomic E-state index is -0.962. The second-order valence-corrected chi connectivity index (χ2v) is 4.45. The molecule has 0 saturated carbocycles. The number of hydrogen-bond acceptors (Lipinski definition) is 4. The summed E-state index contributed by atoms with van der Waals surface area (Å²) in [7, 11) is 0.